The third-order valence-corrected chi connectivity index (χ3v) is 3.14. The molecule has 0 saturated heterocycles. The molecule has 0 radical (unpaired) electrons. The summed E-state index contributed by atoms with van der Waals surface area (Å²) in [6, 6.07) is 7.78. The molecular weight excluding hydrogens is 443 g/mol. The van der Waals surface area contributed by atoms with Crippen molar-refractivity contribution in [1.82, 2.24) is 10.6 Å². The summed E-state index contributed by atoms with van der Waals surface area (Å²) in [5.41, 5.74) is 1.41. The molecule has 1 aromatic carbocycles. The van der Waals surface area contributed by atoms with Crippen LogP contribution >= 0.6 is 24.0 Å². The minimum absolute atomic E-state index is 0. The molecule has 0 spiro atoms. The van der Waals surface area contributed by atoms with Gasteiger partial charge in [0.25, 0.3) is 0 Å². The van der Waals surface area contributed by atoms with Crippen LogP contribution in [0.25, 0.3) is 0 Å². The number of carbonyl (C=O) groups excluding carboxylic acids is 1. The molecule has 6 nitrogen and oxygen atoms in total. The largest absolute Gasteiger partial charge is 0.444 e. The molecule has 0 atom stereocenters. The summed E-state index contributed by atoms with van der Waals surface area (Å²) in [6.07, 6.45) is 1.47. The van der Waals surface area contributed by atoms with Crippen LogP contribution in [0.4, 0.5) is 10.5 Å². The third kappa shape index (κ3) is 11.2. The van der Waals surface area contributed by atoms with Gasteiger partial charge in [-0.25, -0.2) is 4.79 Å². The summed E-state index contributed by atoms with van der Waals surface area (Å²) in [7, 11) is 0. The van der Waals surface area contributed by atoms with E-state index in [2.05, 4.69) is 34.8 Å². The molecule has 0 unspecified atom stereocenters. The first-order valence-electron chi connectivity index (χ1n) is 8.95. The lowest BCUT2D eigenvalue weighted by atomic mass is 10.1. The number of benzene rings is 1. The van der Waals surface area contributed by atoms with E-state index in [0.717, 1.165) is 44.1 Å². The lowest BCUT2D eigenvalue weighted by Gasteiger charge is -2.19. The van der Waals surface area contributed by atoms with Gasteiger partial charge in [-0.15, -0.1) is 24.0 Å². The van der Waals surface area contributed by atoms with Gasteiger partial charge in [0.05, 0.1) is 0 Å². The molecule has 26 heavy (non-hydrogen) atoms. The molecule has 1 aromatic rings. The van der Waals surface area contributed by atoms with Gasteiger partial charge in [-0.3, -0.25) is 10.3 Å². The second kappa shape index (κ2) is 12.8. The van der Waals surface area contributed by atoms with E-state index in [1.165, 1.54) is 5.56 Å². The zero-order valence-electron chi connectivity index (χ0n) is 16.5. The molecule has 0 aliphatic carbocycles. The molecule has 0 aliphatic rings. The van der Waals surface area contributed by atoms with Gasteiger partial charge >= 0.3 is 6.09 Å². The van der Waals surface area contributed by atoms with Crippen molar-refractivity contribution in [2.45, 2.75) is 53.1 Å². The number of aliphatic imine (C=N–C) groups is 1. The van der Waals surface area contributed by atoms with Crippen LogP contribution in [0.5, 0.6) is 0 Å². The standard InChI is InChI=1S/C19H32N4O2.HI/c1-6-13-21-17(20-7-2)22-14-12-15-8-10-16(11-9-15)23-18(24)25-19(3,4)5;/h8-11H,6-7,12-14H2,1-5H3,(H,23,24)(H2,20,21,22);1H. The van der Waals surface area contributed by atoms with Crippen LogP contribution in [0.3, 0.4) is 0 Å². The molecule has 0 heterocycles. The first-order chi connectivity index (χ1) is 11.8. The minimum atomic E-state index is -0.501. The Hall–Kier alpha value is -1.51. The summed E-state index contributed by atoms with van der Waals surface area (Å²) < 4.78 is 5.24. The molecule has 1 rings (SSSR count). The predicted molar refractivity (Wildman–Crippen MR) is 120 cm³/mol. The van der Waals surface area contributed by atoms with Crippen LogP contribution in [0.1, 0.15) is 46.6 Å². The van der Waals surface area contributed by atoms with Crippen molar-refractivity contribution in [3.05, 3.63) is 29.8 Å². The van der Waals surface area contributed by atoms with Crippen molar-refractivity contribution < 1.29 is 9.53 Å². The van der Waals surface area contributed by atoms with Crippen molar-refractivity contribution in [2.75, 3.05) is 25.0 Å². The van der Waals surface area contributed by atoms with Gasteiger partial charge in [-0.1, -0.05) is 19.1 Å². The van der Waals surface area contributed by atoms with Gasteiger partial charge in [0.15, 0.2) is 5.96 Å². The van der Waals surface area contributed by atoms with Crippen molar-refractivity contribution >= 4 is 41.7 Å². The fourth-order valence-electron chi connectivity index (χ4n) is 2.07. The van der Waals surface area contributed by atoms with Crippen molar-refractivity contribution in [3.8, 4) is 0 Å². The van der Waals surface area contributed by atoms with Crippen LogP contribution in [0, 0.1) is 0 Å². The van der Waals surface area contributed by atoms with E-state index < -0.39 is 11.7 Å². The Morgan fingerprint density at radius 3 is 2.31 bits per heavy atom. The number of hydrogen-bond donors (Lipinski definition) is 3. The van der Waals surface area contributed by atoms with Crippen LogP contribution in [-0.2, 0) is 11.2 Å². The molecule has 0 fully saturated rings. The highest BCUT2D eigenvalue weighted by molar-refractivity contribution is 14.0. The van der Waals surface area contributed by atoms with Gasteiger partial charge in [0.1, 0.15) is 5.60 Å². The predicted octanol–water partition coefficient (Wildman–Crippen LogP) is 4.16. The van der Waals surface area contributed by atoms with E-state index in [0.29, 0.717) is 0 Å². The Labute approximate surface area is 174 Å². The topological polar surface area (TPSA) is 74.8 Å². The van der Waals surface area contributed by atoms with E-state index in [9.17, 15) is 4.79 Å². The number of ether oxygens (including phenoxy) is 1. The first-order valence-corrected chi connectivity index (χ1v) is 8.95. The highest BCUT2D eigenvalue weighted by Gasteiger charge is 2.15. The van der Waals surface area contributed by atoms with Gasteiger partial charge < -0.3 is 15.4 Å². The number of halogens is 1. The normalized spacial score (nSPS) is 11.3. The van der Waals surface area contributed by atoms with Crippen LogP contribution < -0.4 is 16.0 Å². The highest BCUT2D eigenvalue weighted by Crippen LogP contribution is 2.13. The molecule has 1 amide bonds. The van der Waals surface area contributed by atoms with Crippen LogP contribution in [-0.4, -0.2) is 37.3 Å². The summed E-state index contributed by atoms with van der Waals surface area (Å²) in [5.74, 6) is 0.854. The van der Waals surface area contributed by atoms with Crippen LogP contribution in [0.15, 0.2) is 29.3 Å². The molecule has 7 heteroatoms. The van der Waals surface area contributed by atoms with E-state index in [1.54, 1.807) is 0 Å². The maximum Gasteiger partial charge on any atom is 0.412 e. The van der Waals surface area contributed by atoms with Gasteiger partial charge in [-0.05, 0) is 58.2 Å². The average molecular weight is 476 g/mol. The zero-order valence-corrected chi connectivity index (χ0v) is 18.8. The highest BCUT2D eigenvalue weighted by atomic mass is 127. The van der Waals surface area contributed by atoms with E-state index in [1.807, 2.05) is 45.0 Å². The minimum Gasteiger partial charge on any atom is -0.444 e. The van der Waals surface area contributed by atoms with Crippen molar-refractivity contribution in [3.63, 3.8) is 0 Å². The second-order valence-corrected chi connectivity index (χ2v) is 6.76. The Morgan fingerprint density at radius 1 is 1.12 bits per heavy atom. The van der Waals surface area contributed by atoms with Crippen LogP contribution in [0.2, 0.25) is 0 Å². The summed E-state index contributed by atoms with van der Waals surface area (Å²) in [4.78, 5) is 16.2. The Balaban J connectivity index is 0.00000625. The number of anilines is 1. The number of nitrogens with one attached hydrogen (secondary N) is 3. The Bertz CT molecular complexity index is 554. The quantitative estimate of drug-likeness (QED) is 0.314. The first kappa shape index (κ1) is 24.5. The number of rotatable bonds is 7. The van der Waals surface area contributed by atoms with E-state index in [4.69, 9.17) is 4.74 Å². The lowest BCUT2D eigenvalue weighted by molar-refractivity contribution is 0.0636. The average Bonchev–Trinajstić information content (AvgIpc) is 2.52. The number of nitrogens with zero attached hydrogens (tertiary/aromatic N) is 1. The number of carbonyl (C=O) groups is 1. The maximum absolute atomic E-state index is 11.7. The maximum atomic E-state index is 11.7. The lowest BCUT2D eigenvalue weighted by Crippen LogP contribution is -2.38. The number of amides is 1. The molecule has 0 bridgehead atoms. The monoisotopic (exact) mass is 476 g/mol. The van der Waals surface area contributed by atoms with E-state index in [-0.39, 0.29) is 24.0 Å². The summed E-state index contributed by atoms with van der Waals surface area (Å²) in [6.45, 7) is 12.2. The fraction of sp³-hybridized carbons (Fsp3) is 0.579. The molecular formula is C19H33IN4O2. The fourth-order valence-corrected chi connectivity index (χ4v) is 2.07. The Kier molecular flexibility index (Phi) is 12.0. The van der Waals surface area contributed by atoms with Crippen molar-refractivity contribution in [2.24, 2.45) is 4.99 Å². The molecule has 0 aromatic heterocycles. The molecule has 0 saturated carbocycles. The second-order valence-electron chi connectivity index (χ2n) is 6.76. The van der Waals surface area contributed by atoms with Gasteiger partial charge in [0, 0.05) is 25.3 Å². The molecule has 3 N–H and O–H groups in total. The van der Waals surface area contributed by atoms with Gasteiger partial charge in [-0.2, -0.15) is 0 Å². The molecule has 148 valence electrons. The van der Waals surface area contributed by atoms with E-state index >= 15 is 0 Å². The third-order valence-electron chi connectivity index (χ3n) is 3.14. The zero-order chi connectivity index (χ0) is 18.7. The van der Waals surface area contributed by atoms with Crippen molar-refractivity contribution in [1.29, 1.82) is 0 Å². The summed E-state index contributed by atoms with van der Waals surface area (Å²) >= 11 is 0. The summed E-state index contributed by atoms with van der Waals surface area (Å²) in [5, 5.41) is 9.29. The molecule has 0 aliphatic heterocycles. The van der Waals surface area contributed by atoms with Gasteiger partial charge in [0.2, 0.25) is 0 Å². The number of hydrogen-bond acceptors (Lipinski definition) is 3. The smallest absolute Gasteiger partial charge is 0.412 e. The SMILES string of the molecule is CCCN=C(NCC)NCCc1ccc(NC(=O)OC(C)(C)C)cc1.I. The number of guanidine groups is 1. The Morgan fingerprint density at radius 2 is 1.77 bits per heavy atom.